The van der Waals surface area contributed by atoms with Crippen LogP contribution in [0.3, 0.4) is 0 Å². The molecule has 0 fully saturated rings. The van der Waals surface area contributed by atoms with Gasteiger partial charge in [-0.05, 0) is 72.3 Å². The third-order valence-corrected chi connectivity index (χ3v) is 8.48. The molecule has 0 N–H and O–H groups in total. The van der Waals surface area contributed by atoms with E-state index in [0.717, 1.165) is 5.69 Å². The van der Waals surface area contributed by atoms with Crippen LogP contribution >= 0.6 is 0 Å². The van der Waals surface area contributed by atoms with Crippen molar-refractivity contribution in [2.45, 2.75) is 45.4 Å². The predicted octanol–water partition coefficient (Wildman–Crippen LogP) is 9.81. The fraction of sp³-hybridized carbons (Fsp3) is 0.194. The lowest BCUT2D eigenvalue weighted by Gasteiger charge is -2.22. The van der Waals surface area contributed by atoms with E-state index in [9.17, 15) is 0 Å². The highest BCUT2D eigenvalue weighted by atomic mass is 14.7. The quantitative estimate of drug-likeness (QED) is 0.215. The molecule has 0 atom stereocenters. The Hall–Kier alpha value is -3.97. The molecule has 1 aliphatic rings. The van der Waals surface area contributed by atoms with Crippen LogP contribution in [-0.4, -0.2) is 4.98 Å². The Bertz CT molecular complexity index is 1880. The smallest absolute Gasteiger partial charge is 0.0780 e. The van der Waals surface area contributed by atoms with Gasteiger partial charge in [-0.3, -0.25) is 4.98 Å². The molecule has 1 heterocycles. The van der Waals surface area contributed by atoms with E-state index in [-0.39, 0.29) is 10.8 Å². The first kappa shape index (κ1) is 22.2. The Morgan fingerprint density at radius 1 is 0.595 bits per heavy atom. The van der Waals surface area contributed by atoms with Gasteiger partial charge < -0.3 is 0 Å². The maximum Gasteiger partial charge on any atom is 0.0780 e. The third kappa shape index (κ3) is 3.20. The number of pyridine rings is 1. The van der Waals surface area contributed by atoms with Gasteiger partial charge >= 0.3 is 0 Å². The van der Waals surface area contributed by atoms with Gasteiger partial charge in [0.2, 0.25) is 0 Å². The number of fused-ring (bicyclic) bond motifs is 8. The highest BCUT2D eigenvalue weighted by Gasteiger charge is 2.35. The summed E-state index contributed by atoms with van der Waals surface area (Å²) in [6.45, 7) is 11.5. The number of rotatable bonds is 1. The fourth-order valence-electron chi connectivity index (χ4n) is 6.36. The molecule has 0 unspecified atom stereocenters. The average Bonchev–Trinajstić information content (AvgIpc) is 3.13. The van der Waals surface area contributed by atoms with Crippen molar-refractivity contribution in [1.82, 2.24) is 4.98 Å². The van der Waals surface area contributed by atoms with E-state index in [1.807, 2.05) is 6.20 Å². The number of nitrogens with zero attached hydrogens (tertiary/aromatic N) is 1. The molecule has 0 spiro atoms. The van der Waals surface area contributed by atoms with Gasteiger partial charge in [-0.2, -0.15) is 0 Å². The van der Waals surface area contributed by atoms with Crippen LogP contribution in [0.25, 0.3) is 54.7 Å². The Morgan fingerprint density at radius 2 is 1.27 bits per heavy atom. The zero-order valence-electron chi connectivity index (χ0n) is 22.2. The van der Waals surface area contributed by atoms with Crippen LogP contribution in [0, 0.1) is 0 Å². The second kappa shape index (κ2) is 7.52. The maximum absolute atomic E-state index is 4.91. The summed E-state index contributed by atoms with van der Waals surface area (Å²) in [5, 5.41) is 7.65. The maximum atomic E-state index is 4.91. The summed E-state index contributed by atoms with van der Waals surface area (Å²) in [6, 6.07) is 33.9. The molecule has 37 heavy (non-hydrogen) atoms. The van der Waals surface area contributed by atoms with Gasteiger partial charge in [0.1, 0.15) is 0 Å². The van der Waals surface area contributed by atoms with Crippen molar-refractivity contribution in [2.75, 3.05) is 0 Å². The molecule has 0 radical (unpaired) electrons. The molecule has 0 saturated carbocycles. The first-order valence-electron chi connectivity index (χ1n) is 13.2. The zero-order chi connectivity index (χ0) is 25.5. The van der Waals surface area contributed by atoms with Gasteiger partial charge in [0, 0.05) is 22.6 Å². The molecule has 0 bridgehead atoms. The normalized spacial score (nSPS) is 14.3. The van der Waals surface area contributed by atoms with Gasteiger partial charge in [0.25, 0.3) is 0 Å². The lowest BCUT2D eigenvalue weighted by atomic mass is 9.81. The molecule has 180 valence electrons. The Labute approximate surface area is 218 Å². The van der Waals surface area contributed by atoms with E-state index in [2.05, 4.69) is 126 Å². The van der Waals surface area contributed by atoms with Crippen LogP contribution in [0.4, 0.5) is 0 Å². The summed E-state index contributed by atoms with van der Waals surface area (Å²) in [7, 11) is 0. The second-order valence-electron chi connectivity index (χ2n) is 12.1. The Morgan fingerprint density at radius 3 is 2.11 bits per heavy atom. The number of aromatic nitrogens is 1. The van der Waals surface area contributed by atoms with E-state index in [1.54, 1.807) is 0 Å². The standard InChI is InChI=1S/C36H31N/c1-35(2,3)24-12-15-25-22(20-24)10-13-27-26(25)16-17-31-28(27)18-19-37-34(31)23-11-14-30-29-8-6-7-9-32(29)36(4,5)33(30)21-23/h6-21H,1-5H3. The molecule has 6 aromatic rings. The summed E-state index contributed by atoms with van der Waals surface area (Å²) >= 11 is 0. The molecule has 5 aromatic carbocycles. The van der Waals surface area contributed by atoms with E-state index < -0.39 is 0 Å². The minimum absolute atomic E-state index is 0.0238. The number of hydrogen-bond acceptors (Lipinski definition) is 1. The van der Waals surface area contributed by atoms with E-state index >= 15 is 0 Å². The first-order chi connectivity index (χ1) is 17.7. The summed E-state index contributed by atoms with van der Waals surface area (Å²) in [5.74, 6) is 0. The molecular weight excluding hydrogens is 446 g/mol. The predicted molar refractivity (Wildman–Crippen MR) is 158 cm³/mol. The molecule has 0 saturated heterocycles. The van der Waals surface area contributed by atoms with Gasteiger partial charge in [-0.25, -0.2) is 0 Å². The van der Waals surface area contributed by atoms with Gasteiger partial charge in [0.15, 0.2) is 0 Å². The largest absolute Gasteiger partial charge is 0.256 e. The topological polar surface area (TPSA) is 12.9 Å². The van der Waals surface area contributed by atoms with Gasteiger partial charge in [-0.1, -0.05) is 113 Å². The minimum Gasteiger partial charge on any atom is -0.256 e. The van der Waals surface area contributed by atoms with Gasteiger partial charge in [0.05, 0.1) is 5.69 Å². The average molecular weight is 478 g/mol. The molecule has 1 heteroatoms. The second-order valence-corrected chi connectivity index (χ2v) is 12.1. The van der Waals surface area contributed by atoms with Crippen LogP contribution in [0.15, 0.2) is 97.2 Å². The third-order valence-electron chi connectivity index (χ3n) is 8.48. The monoisotopic (exact) mass is 477 g/mol. The van der Waals surface area contributed by atoms with E-state index in [0.29, 0.717) is 0 Å². The highest BCUT2D eigenvalue weighted by Crippen LogP contribution is 2.49. The lowest BCUT2D eigenvalue weighted by molar-refractivity contribution is 0.591. The van der Waals surface area contributed by atoms with Crippen molar-refractivity contribution in [2.24, 2.45) is 0 Å². The molecule has 1 aliphatic carbocycles. The van der Waals surface area contributed by atoms with Crippen LogP contribution in [-0.2, 0) is 10.8 Å². The SMILES string of the molecule is CC(C)(C)c1ccc2c(ccc3c4ccnc(-c5ccc6c(c5)C(C)(C)c5ccccc5-6)c4ccc23)c1. The number of benzene rings is 5. The Kier molecular flexibility index (Phi) is 4.52. The fourth-order valence-corrected chi connectivity index (χ4v) is 6.36. The van der Waals surface area contributed by atoms with Crippen molar-refractivity contribution >= 4 is 32.3 Å². The van der Waals surface area contributed by atoms with Crippen molar-refractivity contribution < 1.29 is 0 Å². The molecular formula is C36H31N. The van der Waals surface area contributed by atoms with Crippen molar-refractivity contribution in [1.29, 1.82) is 0 Å². The molecule has 7 rings (SSSR count). The molecule has 0 amide bonds. The summed E-state index contributed by atoms with van der Waals surface area (Å²) < 4.78 is 0. The van der Waals surface area contributed by atoms with Crippen molar-refractivity contribution in [3.8, 4) is 22.4 Å². The summed E-state index contributed by atoms with van der Waals surface area (Å²) in [6.07, 6.45) is 1.97. The van der Waals surface area contributed by atoms with Crippen LogP contribution in [0.2, 0.25) is 0 Å². The molecule has 0 aliphatic heterocycles. The van der Waals surface area contributed by atoms with E-state index in [4.69, 9.17) is 4.98 Å². The van der Waals surface area contributed by atoms with Crippen LogP contribution in [0.5, 0.6) is 0 Å². The minimum atomic E-state index is -0.0238. The Balaban J connectivity index is 1.42. The highest BCUT2D eigenvalue weighted by molar-refractivity contribution is 6.19. The van der Waals surface area contributed by atoms with Crippen molar-refractivity contribution in [3.63, 3.8) is 0 Å². The lowest BCUT2D eigenvalue weighted by Crippen LogP contribution is -2.14. The van der Waals surface area contributed by atoms with Crippen molar-refractivity contribution in [3.05, 3.63) is 114 Å². The molecule has 1 nitrogen and oxygen atoms in total. The number of hydrogen-bond donors (Lipinski definition) is 0. The van der Waals surface area contributed by atoms with Gasteiger partial charge in [-0.15, -0.1) is 0 Å². The summed E-state index contributed by atoms with van der Waals surface area (Å²) in [5.41, 5.74) is 9.20. The zero-order valence-corrected chi connectivity index (χ0v) is 22.2. The van der Waals surface area contributed by atoms with E-state index in [1.165, 1.54) is 65.7 Å². The first-order valence-corrected chi connectivity index (χ1v) is 13.2. The van der Waals surface area contributed by atoms with Crippen LogP contribution < -0.4 is 0 Å². The summed E-state index contributed by atoms with van der Waals surface area (Å²) in [4.78, 5) is 4.91. The van der Waals surface area contributed by atoms with Crippen LogP contribution in [0.1, 0.15) is 51.3 Å². The molecule has 1 aromatic heterocycles.